The molecule has 0 heterocycles. The van der Waals surface area contributed by atoms with E-state index in [1.165, 1.54) is 12.8 Å². The van der Waals surface area contributed by atoms with Gasteiger partial charge in [0, 0.05) is 0 Å². The van der Waals surface area contributed by atoms with Gasteiger partial charge >= 0.3 is 0 Å². The van der Waals surface area contributed by atoms with Gasteiger partial charge in [-0.15, -0.1) is 0 Å². The summed E-state index contributed by atoms with van der Waals surface area (Å²) in [6, 6.07) is 0. The fraction of sp³-hybridized carbons (Fsp3) is 1.00. The van der Waals surface area contributed by atoms with Gasteiger partial charge in [-0.25, -0.2) is 0 Å². The Hall–Kier alpha value is -0.0400. The number of hydrogen-bond donors (Lipinski definition) is 1. The molecule has 0 rings (SSSR count). The largest absolute Gasteiger partial charge is 0.393 e. The van der Waals surface area contributed by atoms with E-state index in [9.17, 15) is 5.11 Å². The maximum atomic E-state index is 9.80. The fourth-order valence-electron chi connectivity index (χ4n) is 1.65. The Balaban J connectivity index is 4.03. The third-order valence-electron chi connectivity index (χ3n) is 3.10. The first kappa shape index (κ1) is 12.0. The summed E-state index contributed by atoms with van der Waals surface area (Å²) in [5, 5.41) is 9.80. The van der Waals surface area contributed by atoms with Crippen LogP contribution in [-0.2, 0) is 0 Å². The highest BCUT2D eigenvalue weighted by molar-refractivity contribution is 4.79. The predicted octanol–water partition coefficient (Wildman–Crippen LogP) is 3.36. The summed E-state index contributed by atoms with van der Waals surface area (Å²) >= 11 is 0. The molecule has 0 fully saturated rings. The zero-order chi connectivity index (χ0) is 9.61. The third-order valence-corrected chi connectivity index (χ3v) is 3.10. The second-order valence-corrected chi connectivity index (χ2v) is 4.04. The molecule has 0 amide bonds. The lowest BCUT2D eigenvalue weighted by Gasteiger charge is -2.33. The van der Waals surface area contributed by atoms with E-state index in [1.54, 1.807) is 0 Å². The summed E-state index contributed by atoms with van der Waals surface area (Å²) < 4.78 is 0. The smallest absolute Gasteiger partial charge is 0.0591 e. The van der Waals surface area contributed by atoms with Crippen LogP contribution in [0.4, 0.5) is 0 Å². The summed E-state index contributed by atoms with van der Waals surface area (Å²) in [6.07, 6.45) is 5.48. The lowest BCUT2D eigenvalue weighted by Crippen LogP contribution is -2.31. The molecule has 2 atom stereocenters. The van der Waals surface area contributed by atoms with Crippen LogP contribution in [0.3, 0.4) is 0 Å². The second kappa shape index (κ2) is 5.58. The number of rotatable bonds is 6. The van der Waals surface area contributed by atoms with Gasteiger partial charge in [-0.3, -0.25) is 0 Å². The molecular formula is C11H24O. The molecule has 1 N–H and O–H groups in total. The molecule has 0 aromatic heterocycles. The average molecular weight is 172 g/mol. The molecule has 0 aromatic rings. The van der Waals surface area contributed by atoms with Crippen molar-refractivity contribution < 1.29 is 5.11 Å². The van der Waals surface area contributed by atoms with Crippen LogP contribution in [0.25, 0.3) is 0 Å². The van der Waals surface area contributed by atoms with Gasteiger partial charge in [-0.1, -0.05) is 40.5 Å². The Bertz CT molecular complexity index is 112. The van der Waals surface area contributed by atoms with E-state index < -0.39 is 0 Å². The number of aliphatic hydroxyl groups excluding tert-OH is 1. The second-order valence-electron chi connectivity index (χ2n) is 4.04. The minimum Gasteiger partial charge on any atom is -0.393 e. The molecule has 2 unspecified atom stereocenters. The molecule has 0 radical (unpaired) electrons. The number of aliphatic hydroxyl groups is 1. The Kier molecular flexibility index (Phi) is 5.56. The summed E-state index contributed by atoms with van der Waals surface area (Å²) in [6.45, 7) is 8.64. The lowest BCUT2D eigenvalue weighted by molar-refractivity contribution is 0.0234. The molecule has 0 aromatic carbocycles. The lowest BCUT2D eigenvalue weighted by atomic mass is 9.76. The molecule has 0 aliphatic carbocycles. The zero-order valence-corrected chi connectivity index (χ0v) is 9.06. The summed E-state index contributed by atoms with van der Waals surface area (Å²) in [7, 11) is 0. The number of unbranched alkanes of at least 4 members (excludes halogenated alkanes) is 1. The molecule has 1 nitrogen and oxygen atoms in total. The molecule has 0 saturated heterocycles. The summed E-state index contributed by atoms with van der Waals surface area (Å²) in [4.78, 5) is 0. The summed E-state index contributed by atoms with van der Waals surface area (Å²) in [5.74, 6) is 0. The van der Waals surface area contributed by atoms with Gasteiger partial charge in [-0.2, -0.15) is 0 Å². The van der Waals surface area contributed by atoms with Crippen molar-refractivity contribution in [2.24, 2.45) is 5.41 Å². The van der Waals surface area contributed by atoms with Crippen molar-refractivity contribution in [3.8, 4) is 0 Å². The Morgan fingerprint density at radius 2 is 1.83 bits per heavy atom. The first-order valence-corrected chi connectivity index (χ1v) is 5.28. The highest BCUT2D eigenvalue weighted by Gasteiger charge is 2.28. The van der Waals surface area contributed by atoms with Gasteiger partial charge in [0.05, 0.1) is 6.10 Å². The summed E-state index contributed by atoms with van der Waals surface area (Å²) in [5.41, 5.74) is 0.158. The van der Waals surface area contributed by atoms with Crippen LogP contribution in [0.15, 0.2) is 0 Å². The first-order chi connectivity index (χ1) is 5.60. The van der Waals surface area contributed by atoms with Crippen LogP contribution < -0.4 is 0 Å². The van der Waals surface area contributed by atoms with Crippen molar-refractivity contribution in [1.82, 2.24) is 0 Å². The molecular weight excluding hydrogens is 148 g/mol. The monoisotopic (exact) mass is 172 g/mol. The van der Waals surface area contributed by atoms with Crippen LogP contribution in [0.2, 0.25) is 0 Å². The Morgan fingerprint density at radius 1 is 1.25 bits per heavy atom. The van der Waals surface area contributed by atoms with Crippen molar-refractivity contribution in [2.75, 3.05) is 0 Å². The minimum atomic E-state index is -0.117. The van der Waals surface area contributed by atoms with Crippen LogP contribution in [0.5, 0.6) is 0 Å². The van der Waals surface area contributed by atoms with E-state index in [0.29, 0.717) is 0 Å². The molecule has 0 aliphatic rings. The number of hydrogen-bond acceptors (Lipinski definition) is 1. The molecule has 74 valence electrons. The van der Waals surface area contributed by atoms with Gasteiger partial charge in [0.1, 0.15) is 0 Å². The van der Waals surface area contributed by atoms with E-state index in [1.807, 2.05) is 0 Å². The van der Waals surface area contributed by atoms with E-state index in [4.69, 9.17) is 0 Å². The highest BCUT2D eigenvalue weighted by Crippen LogP contribution is 2.33. The minimum absolute atomic E-state index is 0.117. The molecule has 0 bridgehead atoms. The molecule has 0 saturated carbocycles. The van der Waals surface area contributed by atoms with Crippen molar-refractivity contribution in [3.63, 3.8) is 0 Å². The standard InChI is InChI=1S/C11H24O/c1-5-8-9-11(4,7-3)10(12)6-2/h10,12H,5-9H2,1-4H3. The third kappa shape index (κ3) is 3.14. The SMILES string of the molecule is CCCCC(C)(CC)C(O)CC. The van der Waals surface area contributed by atoms with Crippen LogP contribution in [0, 0.1) is 5.41 Å². The van der Waals surface area contributed by atoms with Gasteiger partial charge < -0.3 is 5.11 Å². The van der Waals surface area contributed by atoms with Crippen LogP contribution in [0.1, 0.15) is 59.8 Å². The van der Waals surface area contributed by atoms with Gasteiger partial charge in [0.2, 0.25) is 0 Å². The zero-order valence-electron chi connectivity index (χ0n) is 9.06. The van der Waals surface area contributed by atoms with Crippen molar-refractivity contribution in [1.29, 1.82) is 0 Å². The van der Waals surface area contributed by atoms with Crippen LogP contribution in [-0.4, -0.2) is 11.2 Å². The van der Waals surface area contributed by atoms with E-state index in [2.05, 4.69) is 27.7 Å². The van der Waals surface area contributed by atoms with Crippen molar-refractivity contribution in [2.45, 2.75) is 65.9 Å². The van der Waals surface area contributed by atoms with Gasteiger partial charge in [0.15, 0.2) is 0 Å². The van der Waals surface area contributed by atoms with Gasteiger partial charge in [-0.05, 0) is 24.7 Å². The topological polar surface area (TPSA) is 20.2 Å². The maximum absolute atomic E-state index is 9.80. The molecule has 12 heavy (non-hydrogen) atoms. The highest BCUT2D eigenvalue weighted by atomic mass is 16.3. The Morgan fingerprint density at radius 3 is 2.17 bits per heavy atom. The fourth-order valence-corrected chi connectivity index (χ4v) is 1.65. The molecule has 1 heteroatoms. The van der Waals surface area contributed by atoms with Crippen LogP contribution >= 0.6 is 0 Å². The molecule has 0 aliphatic heterocycles. The quantitative estimate of drug-likeness (QED) is 0.651. The van der Waals surface area contributed by atoms with Crippen molar-refractivity contribution >= 4 is 0 Å². The first-order valence-electron chi connectivity index (χ1n) is 5.28. The maximum Gasteiger partial charge on any atom is 0.0591 e. The predicted molar refractivity (Wildman–Crippen MR) is 54.2 cm³/mol. The van der Waals surface area contributed by atoms with E-state index in [-0.39, 0.29) is 11.5 Å². The normalized spacial score (nSPS) is 18.8. The Labute approximate surface area is 77.2 Å². The van der Waals surface area contributed by atoms with E-state index in [0.717, 1.165) is 19.3 Å². The van der Waals surface area contributed by atoms with Gasteiger partial charge in [0.25, 0.3) is 0 Å². The average Bonchev–Trinajstić information content (AvgIpc) is 2.12. The van der Waals surface area contributed by atoms with E-state index >= 15 is 0 Å². The van der Waals surface area contributed by atoms with Crippen molar-refractivity contribution in [3.05, 3.63) is 0 Å². The molecule has 0 spiro atoms.